The lowest BCUT2D eigenvalue weighted by molar-refractivity contribution is -0.132. The van der Waals surface area contributed by atoms with Crippen LogP contribution in [0.1, 0.15) is 34.1 Å². The summed E-state index contributed by atoms with van der Waals surface area (Å²) in [6.45, 7) is 7.69. The normalized spacial score (nSPS) is 13.2. The van der Waals surface area contributed by atoms with Crippen LogP contribution in [0, 0.1) is 5.92 Å². The van der Waals surface area contributed by atoms with E-state index in [0.29, 0.717) is 11.5 Å². The second-order valence-electron chi connectivity index (χ2n) is 2.96. The van der Waals surface area contributed by atoms with Crippen LogP contribution in [0.25, 0.3) is 0 Å². The molecule has 0 saturated carbocycles. The summed E-state index contributed by atoms with van der Waals surface area (Å²) >= 11 is 0. The van der Waals surface area contributed by atoms with Gasteiger partial charge in [0, 0.05) is 5.57 Å². The monoisotopic (exact) mass is 156 g/mol. The van der Waals surface area contributed by atoms with Crippen molar-refractivity contribution in [1.82, 2.24) is 0 Å². The number of allylic oxidation sites excluding steroid dienone is 1. The maximum atomic E-state index is 10.5. The average Bonchev–Trinajstić information content (AvgIpc) is 1.88. The summed E-state index contributed by atoms with van der Waals surface area (Å²) in [5, 5.41) is 8.67. The van der Waals surface area contributed by atoms with Crippen molar-refractivity contribution in [2.45, 2.75) is 34.1 Å². The third kappa shape index (κ3) is 2.74. The van der Waals surface area contributed by atoms with Crippen LogP contribution in [-0.4, -0.2) is 11.1 Å². The Kier molecular flexibility index (Phi) is 3.86. The minimum atomic E-state index is -0.796. The molecule has 0 aliphatic rings. The number of rotatable bonds is 3. The number of hydrogen-bond donors (Lipinski definition) is 1. The van der Waals surface area contributed by atoms with Crippen molar-refractivity contribution >= 4 is 5.97 Å². The molecule has 0 aromatic rings. The Hall–Kier alpha value is -0.790. The Morgan fingerprint density at radius 1 is 1.45 bits per heavy atom. The van der Waals surface area contributed by atoms with Crippen molar-refractivity contribution in [3.8, 4) is 0 Å². The molecule has 0 fully saturated rings. The molecule has 0 rings (SSSR count). The van der Waals surface area contributed by atoms with E-state index in [1.165, 1.54) is 0 Å². The van der Waals surface area contributed by atoms with Crippen molar-refractivity contribution in [3.63, 3.8) is 0 Å². The molecular weight excluding hydrogens is 140 g/mol. The largest absolute Gasteiger partial charge is 0.478 e. The first-order valence-corrected chi connectivity index (χ1v) is 3.93. The smallest absolute Gasteiger partial charge is 0.331 e. The van der Waals surface area contributed by atoms with Gasteiger partial charge in [0.05, 0.1) is 0 Å². The highest BCUT2D eigenvalue weighted by Crippen LogP contribution is 2.17. The van der Waals surface area contributed by atoms with Crippen LogP contribution in [0.2, 0.25) is 0 Å². The molecule has 0 aliphatic heterocycles. The van der Waals surface area contributed by atoms with Crippen LogP contribution in [0.15, 0.2) is 11.1 Å². The van der Waals surface area contributed by atoms with E-state index < -0.39 is 5.97 Å². The van der Waals surface area contributed by atoms with Gasteiger partial charge < -0.3 is 5.11 Å². The van der Waals surface area contributed by atoms with Crippen LogP contribution >= 0.6 is 0 Å². The second-order valence-corrected chi connectivity index (χ2v) is 2.96. The zero-order chi connectivity index (χ0) is 9.02. The van der Waals surface area contributed by atoms with Crippen LogP contribution in [0.5, 0.6) is 0 Å². The van der Waals surface area contributed by atoms with Crippen molar-refractivity contribution in [2.75, 3.05) is 0 Å². The van der Waals surface area contributed by atoms with E-state index in [4.69, 9.17) is 5.11 Å². The number of aliphatic carboxylic acids is 1. The molecular formula is C9H16O2. The summed E-state index contributed by atoms with van der Waals surface area (Å²) in [4.78, 5) is 10.5. The summed E-state index contributed by atoms with van der Waals surface area (Å²) in [6, 6.07) is 0. The fourth-order valence-corrected chi connectivity index (χ4v) is 1.24. The predicted molar refractivity (Wildman–Crippen MR) is 45.5 cm³/mol. The van der Waals surface area contributed by atoms with Gasteiger partial charge in [-0.1, -0.05) is 26.3 Å². The van der Waals surface area contributed by atoms with Gasteiger partial charge in [-0.25, -0.2) is 4.79 Å². The molecule has 0 aliphatic carbocycles. The molecule has 64 valence electrons. The topological polar surface area (TPSA) is 37.3 Å². The fraction of sp³-hybridized carbons (Fsp3) is 0.667. The predicted octanol–water partition coefficient (Wildman–Crippen LogP) is 2.45. The van der Waals surface area contributed by atoms with Gasteiger partial charge in [-0.3, -0.25) is 0 Å². The number of carbonyl (C=O) groups is 1. The first-order valence-electron chi connectivity index (χ1n) is 3.93. The van der Waals surface area contributed by atoms with Crippen LogP contribution < -0.4 is 0 Å². The standard InChI is InChI=1S/C9H16O2/c1-5-8(6(2)3)7(4)9(10)11/h6H,5H2,1-4H3,(H,10,11). The molecule has 0 aromatic heterocycles. The molecule has 0 aromatic carbocycles. The second kappa shape index (κ2) is 4.16. The molecule has 0 radical (unpaired) electrons. The number of carboxylic acids is 1. The quantitative estimate of drug-likeness (QED) is 0.637. The minimum absolute atomic E-state index is 0.344. The summed E-state index contributed by atoms with van der Waals surface area (Å²) in [5.41, 5.74) is 1.54. The molecule has 0 bridgehead atoms. The van der Waals surface area contributed by atoms with Crippen molar-refractivity contribution < 1.29 is 9.90 Å². The molecule has 0 amide bonds. The first-order chi connectivity index (χ1) is 5.00. The molecule has 2 heteroatoms. The Bertz CT molecular complexity index is 178. The van der Waals surface area contributed by atoms with Gasteiger partial charge in [0.1, 0.15) is 0 Å². The molecule has 1 N–H and O–H groups in total. The Morgan fingerprint density at radius 2 is 1.91 bits per heavy atom. The average molecular weight is 156 g/mol. The third-order valence-electron chi connectivity index (χ3n) is 1.88. The van der Waals surface area contributed by atoms with Crippen LogP contribution in [-0.2, 0) is 4.79 Å². The highest BCUT2D eigenvalue weighted by Gasteiger charge is 2.09. The van der Waals surface area contributed by atoms with Gasteiger partial charge in [0.2, 0.25) is 0 Å². The van der Waals surface area contributed by atoms with E-state index in [9.17, 15) is 4.79 Å². The maximum Gasteiger partial charge on any atom is 0.331 e. The Balaban J connectivity index is 4.68. The number of carboxylic acid groups (broad SMARTS) is 1. The Labute approximate surface area is 67.9 Å². The van der Waals surface area contributed by atoms with E-state index in [-0.39, 0.29) is 0 Å². The summed E-state index contributed by atoms with van der Waals surface area (Å²) in [6.07, 6.45) is 0.829. The van der Waals surface area contributed by atoms with Gasteiger partial charge >= 0.3 is 5.97 Å². The lowest BCUT2D eigenvalue weighted by atomic mass is 9.96. The molecule has 2 nitrogen and oxygen atoms in total. The highest BCUT2D eigenvalue weighted by molar-refractivity contribution is 5.86. The van der Waals surface area contributed by atoms with Gasteiger partial charge in [0.15, 0.2) is 0 Å². The van der Waals surface area contributed by atoms with Gasteiger partial charge in [-0.15, -0.1) is 0 Å². The van der Waals surface area contributed by atoms with Crippen molar-refractivity contribution in [3.05, 3.63) is 11.1 Å². The minimum Gasteiger partial charge on any atom is -0.478 e. The van der Waals surface area contributed by atoms with E-state index in [1.807, 2.05) is 20.8 Å². The molecule has 0 spiro atoms. The molecule has 0 saturated heterocycles. The maximum absolute atomic E-state index is 10.5. The summed E-state index contributed by atoms with van der Waals surface area (Å²) in [7, 11) is 0. The van der Waals surface area contributed by atoms with Gasteiger partial charge in [-0.2, -0.15) is 0 Å². The third-order valence-corrected chi connectivity index (χ3v) is 1.88. The zero-order valence-corrected chi connectivity index (χ0v) is 7.64. The molecule has 0 unspecified atom stereocenters. The van der Waals surface area contributed by atoms with Crippen LogP contribution in [0.4, 0.5) is 0 Å². The van der Waals surface area contributed by atoms with E-state index >= 15 is 0 Å². The SMILES string of the molecule is CCC(=C(C)C(=O)O)C(C)C. The summed E-state index contributed by atoms with van der Waals surface area (Å²) in [5.74, 6) is -0.452. The van der Waals surface area contributed by atoms with E-state index in [0.717, 1.165) is 12.0 Å². The lowest BCUT2D eigenvalue weighted by Gasteiger charge is -2.10. The lowest BCUT2D eigenvalue weighted by Crippen LogP contribution is -2.04. The van der Waals surface area contributed by atoms with Gasteiger partial charge in [0.25, 0.3) is 0 Å². The fourth-order valence-electron chi connectivity index (χ4n) is 1.24. The van der Waals surface area contributed by atoms with Crippen molar-refractivity contribution in [1.29, 1.82) is 0 Å². The van der Waals surface area contributed by atoms with Gasteiger partial charge in [-0.05, 0) is 19.3 Å². The number of hydrogen-bond acceptors (Lipinski definition) is 1. The highest BCUT2D eigenvalue weighted by atomic mass is 16.4. The van der Waals surface area contributed by atoms with E-state index in [1.54, 1.807) is 6.92 Å². The molecule has 0 heterocycles. The van der Waals surface area contributed by atoms with Crippen LogP contribution in [0.3, 0.4) is 0 Å². The Morgan fingerprint density at radius 3 is 2.00 bits per heavy atom. The first kappa shape index (κ1) is 10.2. The molecule has 11 heavy (non-hydrogen) atoms. The van der Waals surface area contributed by atoms with Crippen molar-refractivity contribution in [2.24, 2.45) is 5.92 Å². The summed E-state index contributed by atoms with van der Waals surface area (Å²) < 4.78 is 0. The van der Waals surface area contributed by atoms with E-state index in [2.05, 4.69) is 0 Å². The zero-order valence-electron chi connectivity index (χ0n) is 7.64. The molecule has 0 atom stereocenters.